The van der Waals surface area contributed by atoms with Crippen LogP contribution in [0.2, 0.25) is 0 Å². The van der Waals surface area contributed by atoms with Gasteiger partial charge < -0.3 is 20.5 Å². The third-order valence-electron chi connectivity index (χ3n) is 3.76. The standard InChI is InChI=1S/C20H29N5O3/c1-4-28-17-9-7-16(8-10-17)25(20(27)22-12-5-6-14-26)18-11-13-21-19(24-18)23-15(2)3/h7-11,13,15,26H,4-6,12,14H2,1-3H3,(H,22,27)(H,21,23,24). The Labute approximate surface area is 166 Å². The minimum absolute atomic E-state index is 0.106. The van der Waals surface area contributed by atoms with Crippen molar-refractivity contribution < 1.29 is 14.6 Å². The summed E-state index contributed by atoms with van der Waals surface area (Å²) in [5, 5.41) is 14.9. The molecule has 0 saturated heterocycles. The molecule has 0 aliphatic heterocycles. The molecule has 2 aromatic rings. The van der Waals surface area contributed by atoms with Gasteiger partial charge in [0.1, 0.15) is 11.6 Å². The van der Waals surface area contributed by atoms with Crippen molar-refractivity contribution in [3.05, 3.63) is 36.5 Å². The first kappa shape index (κ1) is 21.4. The molecule has 2 rings (SSSR count). The molecule has 8 heteroatoms. The summed E-state index contributed by atoms with van der Waals surface area (Å²) in [7, 11) is 0. The number of unbranched alkanes of at least 4 members (excludes halogenated alkanes) is 1. The fraction of sp³-hybridized carbons (Fsp3) is 0.450. The number of ether oxygens (including phenoxy) is 1. The van der Waals surface area contributed by atoms with Crippen LogP contribution >= 0.6 is 0 Å². The van der Waals surface area contributed by atoms with Gasteiger partial charge in [0.15, 0.2) is 0 Å². The molecule has 0 saturated carbocycles. The van der Waals surface area contributed by atoms with Crippen LogP contribution in [0.5, 0.6) is 5.75 Å². The Kier molecular flexibility index (Phi) is 8.48. The van der Waals surface area contributed by atoms with Gasteiger partial charge in [0.05, 0.1) is 12.3 Å². The molecular weight excluding hydrogens is 358 g/mol. The summed E-state index contributed by atoms with van der Waals surface area (Å²) in [6.45, 7) is 7.06. The number of amides is 2. The van der Waals surface area contributed by atoms with E-state index in [0.29, 0.717) is 43.4 Å². The first-order chi connectivity index (χ1) is 13.5. The topological polar surface area (TPSA) is 99.6 Å². The molecule has 0 fully saturated rings. The van der Waals surface area contributed by atoms with Gasteiger partial charge in [0, 0.05) is 31.5 Å². The molecular formula is C20H29N5O3. The average Bonchev–Trinajstić information content (AvgIpc) is 2.67. The number of hydrogen-bond acceptors (Lipinski definition) is 6. The molecule has 0 aliphatic rings. The summed E-state index contributed by atoms with van der Waals surface area (Å²) >= 11 is 0. The Morgan fingerprint density at radius 2 is 1.96 bits per heavy atom. The smallest absolute Gasteiger partial charge is 0.327 e. The number of nitrogens with one attached hydrogen (secondary N) is 2. The average molecular weight is 387 g/mol. The molecule has 0 spiro atoms. The highest BCUT2D eigenvalue weighted by atomic mass is 16.5. The van der Waals surface area contributed by atoms with E-state index in [1.807, 2.05) is 45.0 Å². The molecule has 0 atom stereocenters. The number of nitrogens with zero attached hydrogens (tertiary/aromatic N) is 3. The second-order valence-corrected chi connectivity index (χ2v) is 6.46. The third-order valence-corrected chi connectivity index (χ3v) is 3.76. The van der Waals surface area contributed by atoms with E-state index >= 15 is 0 Å². The molecule has 28 heavy (non-hydrogen) atoms. The van der Waals surface area contributed by atoms with Gasteiger partial charge in [-0.2, -0.15) is 4.98 Å². The lowest BCUT2D eigenvalue weighted by Crippen LogP contribution is -2.38. The second kappa shape index (κ2) is 11.1. The predicted molar refractivity (Wildman–Crippen MR) is 110 cm³/mol. The zero-order valence-corrected chi connectivity index (χ0v) is 16.7. The highest BCUT2D eigenvalue weighted by Crippen LogP contribution is 2.26. The normalized spacial score (nSPS) is 10.6. The zero-order chi connectivity index (χ0) is 20.4. The molecule has 0 bridgehead atoms. The molecule has 0 radical (unpaired) electrons. The molecule has 8 nitrogen and oxygen atoms in total. The Hall–Kier alpha value is -2.87. The Bertz CT molecular complexity index is 737. The van der Waals surface area contributed by atoms with Crippen LogP contribution in [0.15, 0.2) is 36.5 Å². The number of carbonyl (C=O) groups is 1. The van der Waals surface area contributed by atoms with Crippen LogP contribution in [0, 0.1) is 0 Å². The maximum absolute atomic E-state index is 12.9. The Morgan fingerprint density at radius 1 is 1.21 bits per heavy atom. The van der Waals surface area contributed by atoms with Crippen molar-refractivity contribution in [2.75, 3.05) is 30.0 Å². The van der Waals surface area contributed by atoms with Crippen LogP contribution in [0.3, 0.4) is 0 Å². The van der Waals surface area contributed by atoms with Gasteiger partial charge in [-0.3, -0.25) is 0 Å². The molecule has 0 unspecified atom stereocenters. The van der Waals surface area contributed by atoms with Gasteiger partial charge in [-0.15, -0.1) is 0 Å². The summed E-state index contributed by atoms with van der Waals surface area (Å²) in [5.41, 5.74) is 0.664. The molecule has 1 aromatic heterocycles. The fourth-order valence-electron chi connectivity index (χ4n) is 2.52. The summed E-state index contributed by atoms with van der Waals surface area (Å²) in [5.74, 6) is 1.65. The first-order valence-electron chi connectivity index (χ1n) is 9.56. The number of aromatic nitrogens is 2. The van der Waals surface area contributed by atoms with Crippen molar-refractivity contribution >= 4 is 23.5 Å². The molecule has 1 heterocycles. The second-order valence-electron chi connectivity index (χ2n) is 6.46. The lowest BCUT2D eigenvalue weighted by atomic mass is 10.2. The van der Waals surface area contributed by atoms with Crippen LogP contribution < -0.4 is 20.3 Å². The maximum atomic E-state index is 12.9. The lowest BCUT2D eigenvalue weighted by molar-refractivity contribution is 0.246. The fourth-order valence-corrected chi connectivity index (χ4v) is 2.52. The number of benzene rings is 1. The third kappa shape index (κ3) is 6.38. The quantitative estimate of drug-likeness (QED) is 0.541. The van der Waals surface area contributed by atoms with Crippen molar-refractivity contribution in [3.63, 3.8) is 0 Å². The summed E-state index contributed by atoms with van der Waals surface area (Å²) in [6.07, 6.45) is 2.95. The molecule has 152 valence electrons. The Morgan fingerprint density at radius 3 is 2.61 bits per heavy atom. The van der Waals surface area contributed by atoms with Gasteiger partial charge in [-0.1, -0.05) is 0 Å². The SMILES string of the molecule is CCOc1ccc(N(C(=O)NCCCCO)c2ccnc(NC(C)C)n2)cc1. The van der Waals surface area contributed by atoms with Gasteiger partial charge in [0.2, 0.25) is 5.95 Å². The minimum atomic E-state index is -0.295. The number of hydrogen-bond donors (Lipinski definition) is 3. The van der Waals surface area contributed by atoms with E-state index in [1.54, 1.807) is 12.3 Å². The molecule has 0 aliphatic carbocycles. The van der Waals surface area contributed by atoms with Gasteiger partial charge in [-0.05, 0) is 57.9 Å². The van der Waals surface area contributed by atoms with E-state index in [4.69, 9.17) is 9.84 Å². The van der Waals surface area contributed by atoms with Crippen molar-refractivity contribution in [3.8, 4) is 5.75 Å². The van der Waals surface area contributed by atoms with Crippen molar-refractivity contribution in [1.29, 1.82) is 0 Å². The van der Waals surface area contributed by atoms with E-state index in [1.165, 1.54) is 4.90 Å². The number of rotatable bonds is 10. The van der Waals surface area contributed by atoms with Crippen LogP contribution in [-0.4, -0.2) is 46.9 Å². The number of anilines is 3. The van der Waals surface area contributed by atoms with E-state index in [0.717, 1.165) is 5.75 Å². The Balaban J connectivity index is 2.28. The summed E-state index contributed by atoms with van der Waals surface area (Å²) in [6, 6.07) is 8.83. The van der Waals surface area contributed by atoms with Gasteiger partial charge >= 0.3 is 6.03 Å². The number of carbonyl (C=O) groups excluding carboxylic acids is 1. The van der Waals surface area contributed by atoms with E-state index < -0.39 is 0 Å². The van der Waals surface area contributed by atoms with Crippen molar-refractivity contribution in [1.82, 2.24) is 15.3 Å². The number of aliphatic hydroxyl groups excluding tert-OH is 1. The van der Waals surface area contributed by atoms with Crippen LogP contribution in [0.25, 0.3) is 0 Å². The first-order valence-corrected chi connectivity index (χ1v) is 9.56. The zero-order valence-electron chi connectivity index (χ0n) is 16.7. The van der Waals surface area contributed by atoms with Crippen LogP contribution in [-0.2, 0) is 0 Å². The van der Waals surface area contributed by atoms with Crippen LogP contribution in [0.1, 0.15) is 33.6 Å². The van der Waals surface area contributed by atoms with E-state index in [9.17, 15) is 4.79 Å². The predicted octanol–water partition coefficient (Wildman–Crippen LogP) is 3.32. The van der Waals surface area contributed by atoms with Crippen molar-refractivity contribution in [2.45, 2.75) is 39.7 Å². The summed E-state index contributed by atoms with van der Waals surface area (Å²) < 4.78 is 5.48. The number of urea groups is 1. The molecule has 3 N–H and O–H groups in total. The highest BCUT2D eigenvalue weighted by Gasteiger charge is 2.20. The monoisotopic (exact) mass is 387 g/mol. The van der Waals surface area contributed by atoms with E-state index in [2.05, 4.69) is 20.6 Å². The minimum Gasteiger partial charge on any atom is -0.494 e. The lowest BCUT2D eigenvalue weighted by Gasteiger charge is -2.23. The van der Waals surface area contributed by atoms with Crippen LogP contribution in [0.4, 0.5) is 22.2 Å². The molecule has 1 aromatic carbocycles. The maximum Gasteiger partial charge on any atom is 0.327 e. The number of aliphatic hydroxyl groups is 1. The van der Waals surface area contributed by atoms with Gasteiger partial charge in [-0.25, -0.2) is 14.7 Å². The van der Waals surface area contributed by atoms with Crippen molar-refractivity contribution in [2.24, 2.45) is 0 Å². The van der Waals surface area contributed by atoms with E-state index in [-0.39, 0.29) is 18.7 Å². The highest BCUT2D eigenvalue weighted by molar-refractivity contribution is 5.98. The van der Waals surface area contributed by atoms with Gasteiger partial charge in [0.25, 0.3) is 0 Å². The molecule has 2 amide bonds. The summed E-state index contributed by atoms with van der Waals surface area (Å²) in [4.78, 5) is 23.1. The largest absolute Gasteiger partial charge is 0.494 e.